The van der Waals surface area contributed by atoms with E-state index in [9.17, 15) is 5.26 Å². The number of allylic oxidation sites excluding steroid dienone is 2. The second-order valence-corrected chi connectivity index (χ2v) is 7.08. The minimum absolute atomic E-state index is 0.423. The molecule has 0 aliphatic heterocycles. The van der Waals surface area contributed by atoms with Gasteiger partial charge in [0.05, 0.1) is 22.5 Å². The van der Waals surface area contributed by atoms with Crippen molar-refractivity contribution in [3.05, 3.63) is 47.1 Å². The Labute approximate surface area is 174 Å². The van der Waals surface area contributed by atoms with E-state index in [1.54, 1.807) is 12.3 Å². The molecule has 1 saturated carbocycles. The van der Waals surface area contributed by atoms with Crippen LogP contribution in [0.4, 0.5) is 0 Å². The molecule has 5 heteroatoms. The van der Waals surface area contributed by atoms with Gasteiger partial charge in [-0.1, -0.05) is 39.8 Å². The van der Waals surface area contributed by atoms with E-state index in [-0.39, 0.29) is 0 Å². The highest BCUT2D eigenvalue weighted by Crippen LogP contribution is 2.33. The van der Waals surface area contributed by atoms with Crippen LogP contribution in [0.25, 0.3) is 22.2 Å². The fourth-order valence-corrected chi connectivity index (χ4v) is 2.88. The Morgan fingerprint density at radius 2 is 2.03 bits per heavy atom. The first-order valence-electron chi connectivity index (χ1n) is 10.4. The molecule has 1 atom stereocenters. The average molecular weight is 390 g/mol. The number of nitrogens with two attached hydrogens (primary N) is 1. The van der Waals surface area contributed by atoms with Gasteiger partial charge in [0.2, 0.25) is 0 Å². The Morgan fingerprint density at radius 1 is 1.31 bits per heavy atom. The second-order valence-electron chi connectivity index (χ2n) is 7.08. The maximum atomic E-state index is 9.50. The minimum atomic E-state index is 0.423. The molecule has 2 aromatic rings. The number of nitrogens with zero attached hydrogens (tertiary/aromatic N) is 4. The van der Waals surface area contributed by atoms with Crippen LogP contribution < -0.4 is 5.73 Å². The number of hydrogen-bond donors (Lipinski definition) is 1. The SMILES string of the molecule is CC.CCC(C)C=N/C=C(\C)c1nc(C(N)=C2CCC2)c2cccc(C#N)c2n1. The Hall–Kier alpha value is -3.00. The topological polar surface area (TPSA) is 88.0 Å². The zero-order valence-corrected chi connectivity index (χ0v) is 18.2. The Bertz CT molecular complexity index is 986. The predicted molar refractivity (Wildman–Crippen MR) is 122 cm³/mol. The normalized spacial score (nSPS) is 14.8. The number of rotatable bonds is 5. The summed E-state index contributed by atoms with van der Waals surface area (Å²) in [7, 11) is 0. The summed E-state index contributed by atoms with van der Waals surface area (Å²) in [6.45, 7) is 10.2. The maximum absolute atomic E-state index is 9.50. The van der Waals surface area contributed by atoms with Crippen molar-refractivity contribution in [2.45, 2.75) is 60.3 Å². The lowest BCUT2D eigenvalue weighted by Gasteiger charge is -2.20. The quantitative estimate of drug-likeness (QED) is 0.649. The van der Waals surface area contributed by atoms with Crippen molar-refractivity contribution < 1.29 is 0 Å². The maximum Gasteiger partial charge on any atom is 0.157 e. The van der Waals surface area contributed by atoms with Gasteiger partial charge in [-0.3, -0.25) is 4.99 Å². The molecule has 1 aromatic heterocycles. The lowest BCUT2D eigenvalue weighted by molar-refractivity contribution is 0.664. The Balaban J connectivity index is 0.00000145. The number of benzene rings is 1. The highest BCUT2D eigenvalue weighted by atomic mass is 14.9. The van der Waals surface area contributed by atoms with E-state index >= 15 is 0 Å². The predicted octanol–water partition coefficient (Wildman–Crippen LogP) is 5.86. The summed E-state index contributed by atoms with van der Waals surface area (Å²) in [6.07, 6.45) is 7.94. The van der Waals surface area contributed by atoms with Gasteiger partial charge in [0.1, 0.15) is 6.07 Å². The van der Waals surface area contributed by atoms with Crippen LogP contribution >= 0.6 is 0 Å². The van der Waals surface area contributed by atoms with Crippen molar-refractivity contribution in [1.82, 2.24) is 9.97 Å². The molecule has 1 aromatic carbocycles. The second kappa shape index (κ2) is 10.5. The molecule has 152 valence electrons. The minimum Gasteiger partial charge on any atom is -0.397 e. The third-order valence-electron chi connectivity index (χ3n) is 5.05. The van der Waals surface area contributed by atoms with Gasteiger partial charge < -0.3 is 5.73 Å². The molecule has 29 heavy (non-hydrogen) atoms. The molecule has 2 N–H and O–H groups in total. The Kier molecular flexibility index (Phi) is 8.09. The van der Waals surface area contributed by atoms with E-state index in [0.717, 1.165) is 41.6 Å². The number of para-hydroxylation sites is 1. The van der Waals surface area contributed by atoms with Gasteiger partial charge in [-0.05, 0) is 50.2 Å². The van der Waals surface area contributed by atoms with Crippen molar-refractivity contribution in [1.29, 1.82) is 5.26 Å². The lowest BCUT2D eigenvalue weighted by atomic mass is 9.89. The van der Waals surface area contributed by atoms with Gasteiger partial charge in [0, 0.05) is 23.4 Å². The van der Waals surface area contributed by atoms with Gasteiger partial charge in [-0.25, -0.2) is 9.97 Å². The van der Waals surface area contributed by atoms with E-state index in [0.29, 0.717) is 22.8 Å². The van der Waals surface area contributed by atoms with E-state index in [1.807, 2.05) is 39.1 Å². The van der Waals surface area contributed by atoms with Gasteiger partial charge >= 0.3 is 0 Å². The summed E-state index contributed by atoms with van der Waals surface area (Å²) >= 11 is 0. The van der Waals surface area contributed by atoms with Gasteiger partial charge in [0.25, 0.3) is 0 Å². The van der Waals surface area contributed by atoms with Crippen LogP contribution in [0.1, 0.15) is 77.4 Å². The third kappa shape index (κ3) is 5.08. The fourth-order valence-electron chi connectivity index (χ4n) is 2.88. The summed E-state index contributed by atoms with van der Waals surface area (Å²) in [5.41, 5.74) is 11.1. The van der Waals surface area contributed by atoms with Crippen LogP contribution in [0.15, 0.2) is 35.0 Å². The number of hydrogen-bond acceptors (Lipinski definition) is 5. The third-order valence-corrected chi connectivity index (χ3v) is 5.05. The summed E-state index contributed by atoms with van der Waals surface area (Å²) < 4.78 is 0. The summed E-state index contributed by atoms with van der Waals surface area (Å²) in [6, 6.07) is 7.79. The first kappa shape index (κ1) is 22.3. The number of aliphatic imine (C=N–C) groups is 1. The van der Waals surface area contributed by atoms with Gasteiger partial charge in [-0.15, -0.1) is 0 Å². The monoisotopic (exact) mass is 389 g/mol. The van der Waals surface area contributed by atoms with Crippen molar-refractivity contribution >= 4 is 28.4 Å². The van der Waals surface area contributed by atoms with Crippen molar-refractivity contribution in [2.75, 3.05) is 0 Å². The number of nitriles is 1. The van der Waals surface area contributed by atoms with E-state index < -0.39 is 0 Å². The summed E-state index contributed by atoms with van der Waals surface area (Å²) in [5.74, 6) is 0.982. The Morgan fingerprint density at radius 3 is 2.62 bits per heavy atom. The highest BCUT2D eigenvalue weighted by Gasteiger charge is 2.19. The number of fused-ring (bicyclic) bond motifs is 1. The van der Waals surface area contributed by atoms with Gasteiger partial charge in [0.15, 0.2) is 5.82 Å². The summed E-state index contributed by atoms with van der Waals surface area (Å²) in [4.78, 5) is 13.8. The van der Waals surface area contributed by atoms with Crippen LogP contribution in [0, 0.1) is 17.2 Å². The molecular weight excluding hydrogens is 358 g/mol. The number of aromatic nitrogens is 2. The van der Waals surface area contributed by atoms with Crippen molar-refractivity contribution in [3.8, 4) is 6.07 Å². The smallest absolute Gasteiger partial charge is 0.157 e. The molecule has 1 fully saturated rings. The average Bonchev–Trinajstić information content (AvgIpc) is 2.72. The molecule has 0 spiro atoms. The molecule has 0 bridgehead atoms. The van der Waals surface area contributed by atoms with Crippen LogP contribution in [0.5, 0.6) is 0 Å². The standard InChI is InChI=1S/C22H25N5.C2H6/c1-4-14(2)12-25-13-15(3)22-26-20-17(11-23)9-6-10-18(20)21(27-22)19(24)16-7-5-8-16;1-2/h6,9-10,12-14H,4-5,7-8,24H2,1-3H3;1-2H3/b15-13+,25-12?;. The molecule has 0 radical (unpaired) electrons. The first-order valence-corrected chi connectivity index (χ1v) is 10.4. The fraction of sp³-hybridized carbons (Fsp3) is 0.417. The molecular formula is C24H31N5. The van der Waals surface area contributed by atoms with Crippen molar-refractivity contribution in [2.24, 2.45) is 16.6 Å². The lowest BCUT2D eigenvalue weighted by Crippen LogP contribution is -2.11. The molecule has 1 aliphatic rings. The van der Waals surface area contributed by atoms with Crippen LogP contribution in [0.2, 0.25) is 0 Å². The molecule has 3 rings (SSSR count). The molecule has 0 saturated heterocycles. The zero-order chi connectivity index (χ0) is 21.4. The van der Waals surface area contributed by atoms with Crippen LogP contribution in [-0.4, -0.2) is 16.2 Å². The van der Waals surface area contributed by atoms with Crippen molar-refractivity contribution in [3.63, 3.8) is 0 Å². The highest BCUT2D eigenvalue weighted by molar-refractivity contribution is 5.93. The van der Waals surface area contributed by atoms with Gasteiger partial charge in [-0.2, -0.15) is 5.26 Å². The molecule has 1 unspecified atom stereocenters. The van der Waals surface area contributed by atoms with Crippen LogP contribution in [-0.2, 0) is 0 Å². The largest absolute Gasteiger partial charge is 0.397 e. The van der Waals surface area contributed by atoms with E-state index in [4.69, 9.17) is 10.7 Å². The van der Waals surface area contributed by atoms with E-state index in [1.165, 1.54) is 12.0 Å². The summed E-state index contributed by atoms with van der Waals surface area (Å²) in [5, 5.41) is 10.3. The molecule has 1 aliphatic carbocycles. The molecule has 5 nitrogen and oxygen atoms in total. The van der Waals surface area contributed by atoms with E-state index in [2.05, 4.69) is 29.9 Å². The van der Waals surface area contributed by atoms with Crippen LogP contribution in [0.3, 0.4) is 0 Å². The first-order chi connectivity index (χ1) is 14.0. The molecule has 1 heterocycles. The zero-order valence-electron chi connectivity index (χ0n) is 18.2. The molecule has 0 amide bonds.